The van der Waals surface area contributed by atoms with E-state index in [4.69, 9.17) is 19.9 Å². The van der Waals surface area contributed by atoms with Crippen LogP contribution in [0, 0.1) is 12.8 Å². The van der Waals surface area contributed by atoms with E-state index in [2.05, 4.69) is 5.32 Å². The molecule has 0 aromatic heterocycles. The molecular weight excluding hydrogens is 356 g/mol. The second-order valence-corrected chi connectivity index (χ2v) is 6.50. The average molecular weight is 387 g/mol. The molecule has 1 unspecified atom stereocenters. The Morgan fingerprint density at radius 3 is 2.77 bits per heavy atom. The van der Waals surface area contributed by atoms with Crippen LogP contribution in [0.15, 0.2) is 18.2 Å². The molecule has 2 rings (SSSR count). The summed E-state index contributed by atoms with van der Waals surface area (Å²) in [7, 11) is 1.68. The highest BCUT2D eigenvalue weighted by molar-refractivity contribution is 5.85. The van der Waals surface area contributed by atoms with Crippen molar-refractivity contribution in [3.8, 4) is 5.75 Å². The van der Waals surface area contributed by atoms with Gasteiger partial charge in [-0.25, -0.2) is 0 Å². The number of methoxy groups -OCH3 is 1. The number of ether oxygens (including phenoxy) is 3. The average Bonchev–Trinajstić information content (AvgIpc) is 2.64. The highest BCUT2D eigenvalue weighted by Crippen LogP contribution is 2.21. The molecule has 1 aliphatic rings. The second kappa shape index (κ2) is 12.1. The van der Waals surface area contributed by atoms with Crippen molar-refractivity contribution in [3.05, 3.63) is 29.3 Å². The Morgan fingerprint density at radius 1 is 1.35 bits per heavy atom. The van der Waals surface area contributed by atoms with E-state index in [0.717, 1.165) is 36.1 Å². The minimum Gasteiger partial charge on any atom is -0.493 e. The van der Waals surface area contributed by atoms with Crippen molar-refractivity contribution in [1.29, 1.82) is 0 Å². The van der Waals surface area contributed by atoms with Crippen LogP contribution in [0.25, 0.3) is 0 Å². The molecule has 26 heavy (non-hydrogen) atoms. The maximum absolute atomic E-state index is 12.4. The van der Waals surface area contributed by atoms with Gasteiger partial charge in [-0.2, -0.15) is 0 Å². The Bertz CT molecular complexity index is 550. The van der Waals surface area contributed by atoms with Gasteiger partial charge in [0.2, 0.25) is 5.91 Å². The smallest absolute Gasteiger partial charge is 0.237 e. The normalized spacial score (nSPS) is 15.8. The molecule has 1 aromatic carbocycles. The third kappa shape index (κ3) is 7.11. The van der Waals surface area contributed by atoms with E-state index in [1.54, 1.807) is 7.11 Å². The van der Waals surface area contributed by atoms with E-state index in [9.17, 15) is 4.79 Å². The summed E-state index contributed by atoms with van der Waals surface area (Å²) in [5.41, 5.74) is 8.19. The molecule has 0 aliphatic carbocycles. The van der Waals surface area contributed by atoms with Crippen molar-refractivity contribution in [3.63, 3.8) is 0 Å². The maximum atomic E-state index is 12.4. The van der Waals surface area contributed by atoms with Crippen molar-refractivity contribution < 1.29 is 19.0 Å². The van der Waals surface area contributed by atoms with Crippen LogP contribution in [-0.4, -0.2) is 45.5 Å². The molecule has 1 saturated heterocycles. The fourth-order valence-corrected chi connectivity index (χ4v) is 2.92. The standard InChI is InChI=1S/C19H30N2O4.ClH/c1-14-4-5-16(17(12-14)25-9-3-8-23-2)13-21-19(22)18(20)15-6-10-24-11-7-15;/h4-5,12,15,18H,3,6-11,13,20H2,1-2H3,(H,21,22);1H. The first kappa shape index (κ1) is 22.7. The Morgan fingerprint density at radius 2 is 2.08 bits per heavy atom. The lowest BCUT2D eigenvalue weighted by Crippen LogP contribution is -2.46. The number of benzene rings is 1. The molecular formula is C19H31ClN2O4. The van der Waals surface area contributed by atoms with E-state index < -0.39 is 6.04 Å². The van der Waals surface area contributed by atoms with E-state index in [1.807, 2.05) is 25.1 Å². The SMILES string of the molecule is COCCCOc1cc(C)ccc1CNC(=O)C(N)C1CCOCC1.Cl. The van der Waals surface area contributed by atoms with Gasteiger partial charge >= 0.3 is 0 Å². The Hall–Kier alpha value is -1.34. The van der Waals surface area contributed by atoms with Gasteiger partial charge in [-0.05, 0) is 37.3 Å². The van der Waals surface area contributed by atoms with Crippen molar-refractivity contribution in [2.24, 2.45) is 11.7 Å². The van der Waals surface area contributed by atoms with Gasteiger partial charge < -0.3 is 25.3 Å². The van der Waals surface area contributed by atoms with Crippen LogP contribution in [0.2, 0.25) is 0 Å². The summed E-state index contributed by atoms with van der Waals surface area (Å²) >= 11 is 0. The van der Waals surface area contributed by atoms with Gasteiger partial charge in [-0.1, -0.05) is 12.1 Å². The van der Waals surface area contributed by atoms with Crippen molar-refractivity contribution in [2.75, 3.05) is 33.5 Å². The summed E-state index contributed by atoms with van der Waals surface area (Å²) in [6.45, 7) is 5.05. The minimum atomic E-state index is -0.486. The predicted octanol–water partition coefficient (Wildman–Crippen LogP) is 2.20. The predicted molar refractivity (Wildman–Crippen MR) is 104 cm³/mol. The summed E-state index contributed by atoms with van der Waals surface area (Å²) in [5, 5.41) is 2.95. The Balaban J connectivity index is 0.00000338. The third-order valence-electron chi connectivity index (χ3n) is 4.50. The fraction of sp³-hybridized carbons (Fsp3) is 0.632. The number of hydrogen-bond acceptors (Lipinski definition) is 5. The van der Waals surface area contributed by atoms with Crippen molar-refractivity contribution in [1.82, 2.24) is 5.32 Å². The Kier molecular flexibility index (Phi) is 10.6. The lowest BCUT2D eigenvalue weighted by molar-refractivity contribution is -0.124. The van der Waals surface area contributed by atoms with Gasteiger partial charge in [-0.3, -0.25) is 4.79 Å². The van der Waals surface area contributed by atoms with Gasteiger partial charge in [-0.15, -0.1) is 12.4 Å². The number of rotatable bonds is 9. The van der Waals surface area contributed by atoms with Gasteiger partial charge in [0.25, 0.3) is 0 Å². The molecule has 1 amide bonds. The number of nitrogens with one attached hydrogen (secondary N) is 1. The third-order valence-corrected chi connectivity index (χ3v) is 4.50. The van der Waals surface area contributed by atoms with Gasteiger partial charge in [0.05, 0.1) is 12.6 Å². The largest absolute Gasteiger partial charge is 0.493 e. The quantitative estimate of drug-likeness (QED) is 0.636. The molecule has 1 aromatic rings. The number of halogens is 1. The second-order valence-electron chi connectivity index (χ2n) is 6.50. The molecule has 0 saturated carbocycles. The molecule has 1 fully saturated rings. The molecule has 0 spiro atoms. The van der Waals surface area contributed by atoms with Crippen LogP contribution >= 0.6 is 12.4 Å². The first-order valence-electron chi connectivity index (χ1n) is 8.94. The van der Waals surface area contributed by atoms with Crippen LogP contribution in [-0.2, 0) is 20.8 Å². The molecule has 1 heterocycles. The summed E-state index contributed by atoms with van der Waals surface area (Å²) in [5.74, 6) is 0.880. The van der Waals surface area contributed by atoms with Crippen LogP contribution in [0.3, 0.4) is 0 Å². The number of carbonyl (C=O) groups excluding carboxylic acids is 1. The van der Waals surface area contributed by atoms with Gasteiger partial charge in [0.15, 0.2) is 0 Å². The summed E-state index contributed by atoms with van der Waals surface area (Å²) in [6.07, 6.45) is 2.50. The maximum Gasteiger partial charge on any atom is 0.237 e. The molecule has 0 radical (unpaired) electrons. The first-order chi connectivity index (χ1) is 12.1. The highest BCUT2D eigenvalue weighted by atomic mass is 35.5. The number of aryl methyl sites for hydroxylation is 1. The fourth-order valence-electron chi connectivity index (χ4n) is 2.92. The number of carbonyl (C=O) groups is 1. The molecule has 1 aliphatic heterocycles. The van der Waals surface area contributed by atoms with E-state index in [1.165, 1.54) is 0 Å². The molecule has 7 heteroatoms. The molecule has 148 valence electrons. The zero-order valence-corrected chi connectivity index (χ0v) is 16.5. The van der Waals surface area contributed by atoms with E-state index in [-0.39, 0.29) is 24.2 Å². The molecule has 1 atom stereocenters. The topological polar surface area (TPSA) is 82.8 Å². The van der Waals surface area contributed by atoms with Gasteiger partial charge in [0.1, 0.15) is 5.75 Å². The van der Waals surface area contributed by atoms with Crippen molar-refractivity contribution >= 4 is 18.3 Å². The minimum absolute atomic E-state index is 0. The highest BCUT2D eigenvalue weighted by Gasteiger charge is 2.26. The van der Waals surface area contributed by atoms with Gasteiger partial charge in [0, 0.05) is 45.5 Å². The summed E-state index contributed by atoms with van der Waals surface area (Å²) in [6, 6.07) is 5.51. The monoisotopic (exact) mass is 386 g/mol. The first-order valence-corrected chi connectivity index (χ1v) is 8.94. The zero-order chi connectivity index (χ0) is 18.1. The van der Waals surface area contributed by atoms with E-state index >= 15 is 0 Å². The molecule has 3 N–H and O–H groups in total. The number of nitrogens with two attached hydrogens (primary N) is 1. The van der Waals surface area contributed by atoms with Crippen LogP contribution < -0.4 is 15.8 Å². The molecule has 6 nitrogen and oxygen atoms in total. The number of amides is 1. The van der Waals surface area contributed by atoms with Crippen LogP contribution in [0.5, 0.6) is 5.75 Å². The van der Waals surface area contributed by atoms with Crippen LogP contribution in [0.1, 0.15) is 30.4 Å². The number of hydrogen-bond donors (Lipinski definition) is 2. The lowest BCUT2D eigenvalue weighted by Gasteiger charge is -2.26. The lowest BCUT2D eigenvalue weighted by atomic mass is 9.92. The van der Waals surface area contributed by atoms with E-state index in [0.29, 0.717) is 33.0 Å². The Labute approximate surface area is 162 Å². The molecule has 0 bridgehead atoms. The van der Waals surface area contributed by atoms with Crippen molar-refractivity contribution in [2.45, 2.75) is 38.8 Å². The van der Waals surface area contributed by atoms with Crippen LogP contribution in [0.4, 0.5) is 0 Å². The summed E-state index contributed by atoms with van der Waals surface area (Å²) < 4.78 is 16.2. The zero-order valence-electron chi connectivity index (χ0n) is 15.7. The summed E-state index contributed by atoms with van der Waals surface area (Å²) in [4.78, 5) is 12.4.